The number of nitrogens with two attached hydrogens (primary N) is 1. The van der Waals surface area contributed by atoms with Crippen molar-refractivity contribution in [3.63, 3.8) is 0 Å². The van der Waals surface area contributed by atoms with E-state index < -0.39 is 0 Å². The van der Waals surface area contributed by atoms with Crippen LogP contribution in [-0.2, 0) is 4.79 Å². The van der Waals surface area contributed by atoms with Gasteiger partial charge in [-0.2, -0.15) is 5.26 Å². The lowest BCUT2D eigenvalue weighted by Crippen LogP contribution is -2.45. The van der Waals surface area contributed by atoms with Crippen LogP contribution in [0.15, 0.2) is 0 Å². The van der Waals surface area contributed by atoms with E-state index in [0.29, 0.717) is 5.92 Å². The third-order valence-electron chi connectivity index (χ3n) is 3.22. The van der Waals surface area contributed by atoms with Crippen molar-refractivity contribution in [1.29, 1.82) is 5.26 Å². The molecule has 0 aromatic heterocycles. The molecule has 0 aromatic rings. The van der Waals surface area contributed by atoms with Gasteiger partial charge in [0.1, 0.15) is 0 Å². The Morgan fingerprint density at radius 2 is 2.27 bits per heavy atom. The number of amides is 1. The summed E-state index contributed by atoms with van der Waals surface area (Å²) in [6.45, 7) is 2.44. The van der Waals surface area contributed by atoms with Crippen LogP contribution in [0.5, 0.6) is 0 Å². The SMILES string of the molecule is CC1CCC(C#N)C(N(C)CC(N)=O)C1. The van der Waals surface area contributed by atoms with E-state index in [1.807, 2.05) is 11.9 Å². The topological polar surface area (TPSA) is 70.1 Å². The van der Waals surface area contributed by atoms with Gasteiger partial charge in [-0.25, -0.2) is 0 Å². The number of hydrogen-bond acceptors (Lipinski definition) is 3. The van der Waals surface area contributed by atoms with Gasteiger partial charge in [0.2, 0.25) is 5.91 Å². The smallest absolute Gasteiger partial charge is 0.231 e. The molecule has 1 fully saturated rings. The lowest BCUT2D eigenvalue weighted by Gasteiger charge is -2.36. The van der Waals surface area contributed by atoms with Crippen LogP contribution in [0, 0.1) is 23.2 Å². The summed E-state index contributed by atoms with van der Waals surface area (Å²) >= 11 is 0. The molecule has 2 N–H and O–H groups in total. The molecule has 0 heterocycles. The van der Waals surface area contributed by atoms with E-state index in [2.05, 4.69) is 13.0 Å². The van der Waals surface area contributed by atoms with E-state index in [0.717, 1.165) is 19.3 Å². The molecule has 0 bridgehead atoms. The first-order chi connectivity index (χ1) is 7.04. The van der Waals surface area contributed by atoms with E-state index in [1.54, 1.807) is 0 Å². The zero-order valence-electron chi connectivity index (χ0n) is 9.44. The van der Waals surface area contributed by atoms with Crippen molar-refractivity contribution in [1.82, 2.24) is 4.90 Å². The Bertz CT molecular complexity index is 271. The van der Waals surface area contributed by atoms with E-state index in [4.69, 9.17) is 11.0 Å². The molecular formula is C11H19N3O. The fourth-order valence-electron chi connectivity index (χ4n) is 2.35. The molecule has 0 saturated heterocycles. The van der Waals surface area contributed by atoms with Crippen molar-refractivity contribution in [3.8, 4) is 6.07 Å². The summed E-state index contributed by atoms with van der Waals surface area (Å²) in [5.74, 6) is 0.355. The maximum Gasteiger partial charge on any atom is 0.231 e. The summed E-state index contributed by atoms with van der Waals surface area (Å²) < 4.78 is 0. The van der Waals surface area contributed by atoms with Gasteiger partial charge in [0.15, 0.2) is 0 Å². The van der Waals surface area contributed by atoms with E-state index in [9.17, 15) is 4.79 Å². The predicted octanol–water partition coefficient (Wildman–Crippen LogP) is 0.732. The number of carbonyl (C=O) groups excluding carboxylic acids is 1. The third kappa shape index (κ3) is 3.21. The first-order valence-corrected chi connectivity index (χ1v) is 5.42. The van der Waals surface area contributed by atoms with Crippen molar-refractivity contribution in [2.24, 2.45) is 17.6 Å². The van der Waals surface area contributed by atoms with Gasteiger partial charge in [0, 0.05) is 6.04 Å². The number of hydrogen-bond donors (Lipinski definition) is 1. The van der Waals surface area contributed by atoms with Crippen molar-refractivity contribution in [2.75, 3.05) is 13.6 Å². The standard InChI is InChI=1S/C11H19N3O/c1-8-3-4-9(6-12)10(5-8)14(2)7-11(13)15/h8-10H,3-5,7H2,1-2H3,(H2,13,15). The number of carbonyl (C=O) groups is 1. The number of nitrogens with zero attached hydrogens (tertiary/aromatic N) is 2. The second-order valence-electron chi connectivity index (χ2n) is 4.60. The van der Waals surface area contributed by atoms with Crippen LogP contribution in [0.25, 0.3) is 0 Å². The van der Waals surface area contributed by atoms with Gasteiger partial charge in [-0.15, -0.1) is 0 Å². The Morgan fingerprint density at radius 3 is 2.80 bits per heavy atom. The van der Waals surface area contributed by atoms with Gasteiger partial charge in [-0.3, -0.25) is 9.69 Å². The van der Waals surface area contributed by atoms with E-state index >= 15 is 0 Å². The molecule has 0 spiro atoms. The molecule has 1 rings (SSSR count). The van der Waals surface area contributed by atoms with Gasteiger partial charge in [-0.1, -0.05) is 6.92 Å². The average Bonchev–Trinajstić information content (AvgIpc) is 2.16. The number of primary amides is 1. The van der Waals surface area contributed by atoms with Crippen LogP contribution < -0.4 is 5.73 Å². The lowest BCUT2D eigenvalue weighted by atomic mass is 9.79. The largest absolute Gasteiger partial charge is 0.369 e. The highest BCUT2D eigenvalue weighted by Crippen LogP contribution is 2.31. The molecule has 3 atom stereocenters. The molecule has 0 aliphatic heterocycles. The third-order valence-corrected chi connectivity index (χ3v) is 3.22. The average molecular weight is 209 g/mol. The van der Waals surface area contributed by atoms with Crippen molar-refractivity contribution >= 4 is 5.91 Å². The number of likely N-dealkylation sites (N-methyl/N-ethyl adjacent to an activating group) is 1. The summed E-state index contributed by atoms with van der Waals surface area (Å²) in [4.78, 5) is 12.7. The first kappa shape index (κ1) is 12.0. The fourth-order valence-corrected chi connectivity index (χ4v) is 2.35. The van der Waals surface area contributed by atoms with Crippen LogP contribution in [-0.4, -0.2) is 30.4 Å². The fraction of sp³-hybridized carbons (Fsp3) is 0.818. The molecule has 1 saturated carbocycles. The molecule has 1 aliphatic carbocycles. The summed E-state index contributed by atoms with van der Waals surface area (Å²) in [6, 6.07) is 2.52. The Balaban J connectivity index is 2.62. The van der Waals surface area contributed by atoms with Crippen molar-refractivity contribution in [3.05, 3.63) is 0 Å². The highest BCUT2D eigenvalue weighted by molar-refractivity contribution is 5.75. The minimum Gasteiger partial charge on any atom is -0.369 e. The maximum atomic E-state index is 10.8. The zero-order chi connectivity index (χ0) is 11.4. The molecular weight excluding hydrogens is 190 g/mol. The molecule has 4 heteroatoms. The molecule has 1 aliphatic rings. The Kier molecular flexibility index (Phi) is 4.10. The van der Waals surface area contributed by atoms with Gasteiger partial charge in [-0.05, 0) is 32.2 Å². The van der Waals surface area contributed by atoms with Crippen LogP contribution in [0.3, 0.4) is 0 Å². The quantitative estimate of drug-likeness (QED) is 0.745. The summed E-state index contributed by atoms with van der Waals surface area (Å²) in [7, 11) is 1.87. The van der Waals surface area contributed by atoms with E-state index in [-0.39, 0.29) is 24.4 Å². The number of rotatable bonds is 3. The monoisotopic (exact) mass is 209 g/mol. The Labute approximate surface area is 91.0 Å². The Morgan fingerprint density at radius 1 is 1.60 bits per heavy atom. The van der Waals surface area contributed by atoms with Crippen molar-refractivity contribution in [2.45, 2.75) is 32.2 Å². The van der Waals surface area contributed by atoms with Crippen LogP contribution >= 0.6 is 0 Å². The molecule has 0 aromatic carbocycles. The molecule has 3 unspecified atom stereocenters. The van der Waals surface area contributed by atoms with Gasteiger partial charge in [0.25, 0.3) is 0 Å². The highest BCUT2D eigenvalue weighted by Gasteiger charge is 2.31. The normalized spacial score (nSPS) is 31.2. The van der Waals surface area contributed by atoms with Gasteiger partial charge >= 0.3 is 0 Å². The van der Waals surface area contributed by atoms with E-state index in [1.165, 1.54) is 0 Å². The van der Waals surface area contributed by atoms with Crippen LogP contribution in [0.2, 0.25) is 0 Å². The Hall–Kier alpha value is -1.08. The molecule has 15 heavy (non-hydrogen) atoms. The van der Waals surface area contributed by atoms with Gasteiger partial charge in [0.05, 0.1) is 18.5 Å². The highest BCUT2D eigenvalue weighted by atomic mass is 16.1. The van der Waals surface area contributed by atoms with Crippen molar-refractivity contribution < 1.29 is 4.79 Å². The molecule has 84 valence electrons. The predicted molar refractivity (Wildman–Crippen MR) is 57.7 cm³/mol. The summed E-state index contributed by atoms with van der Waals surface area (Å²) in [5.41, 5.74) is 5.16. The zero-order valence-corrected chi connectivity index (χ0v) is 9.44. The first-order valence-electron chi connectivity index (χ1n) is 5.42. The molecule has 4 nitrogen and oxygen atoms in total. The number of nitriles is 1. The molecule has 0 radical (unpaired) electrons. The summed E-state index contributed by atoms with van der Waals surface area (Å²) in [5, 5.41) is 9.04. The van der Waals surface area contributed by atoms with Crippen LogP contribution in [0.4, 0.5) is 0 Å². The minimum absolute atomic E-state index is 0.0468. The summed E-state index contributed by atoms with van der Waals surface area (Å²) in [6.07, 6.45) is 3.03. The minimum atomic E-state index is -0.326. The van der Waals surface area contributed by atoms with Crippen LogP contribution in [0.1, 0.15) is 26.2 Å². The second kappa shape index (κ2) is 5.13. The second-order valence-corrected chi connectivity index (χ2v) is 4.60. The maximum absolute atomic E-state index is 10.8. The molecule has 1 amide bonds. The lowest BCUT2D eigenvalue weighted by molar-refractivity contribution is -0.119. The van der Waals surface area contributed by atoms with Gasteiger partial charge < -0.3 is 5.73 Å².